The third-order valence-corrected chi connectivity index (χ3v) is 3.79. The van der Waals surface area contributed by atoms with Crippen molar-refractivity contribution in [3.63, 3.8) is 0 Å². The van der Waals surface area contributed by atoms with Crippen LogP contribution in [0.15, 0.2) is 65.3 Å². The molecule has 25 heavy (non-hydrogen) atoms. The molecule has 1 N–H and O–H groups in total. The number of pyridine rings is 1. The van der Waals surface area contributed by atoms with E-state index in [0.29, 0.717) is 29.9 Å². The molecule has 1 aromatic carbocycles. The number of benzene rings is 1. The molecule has 0 spiro atoms. The van der Waals surface area contributed by atoms with E-state index in [2.05, 4.69) is 10.3 Å². The minimum atomic E-state index is -0.0442. The highest BCUT2D eigenvalue weighted by atomic mass is 16.3. The molecule has 0 amide bonds. The van der Waals surface area contributed by atoms with Crippen molar-refractivity contribution in [1.29, 1.82) is 0 Å². The van der Waals surface area contributed by atoms with E-state index in [1.807, 2.05) is 19.1 Å². The molecule has 0 aliphatic rings. The number of aryl methyl sites for hydroxylation is 1. The number of carbonyl (C=O) groups excluding carboxylic acids is 2. The van der Waals surface area contributed by atoms with Gasteiger partial charge < -0.3 is 9.73 Å². The lowest BCUT2D eigenvalue weighted by Gasteiger charge is -2.06. The Balaban J connectivity index is 1.54. The smallest absolute Gasteiger partial charge is 0.199 e. The molecule has 0 saturated heterocycles. The summed E-state index contributed by atoms with van der Waals surface area (Å²) in [5.41, 5.74) is 2.07. The summed E-state index contributed by atoms with van der Waals surface area (Å²) in [6, 6.07) is 14.0. The number of anilines is 1. The molecule has 2 aromatic heterocycles. The van der Waals surface area contributed by atoms with Crippen molar-refractivity contribution in [2.45, 2.75) is 13.3 Å². The maximum atomic E-state index is 12.3. The van der Waals surface area contributed by atoms with E-state index in [-0.39, 0.29) is 11.6 Å². The zero-order chi connectivity index (χ0) is 17.6. The van der Waals surface area contributed by atoms with Gasteiger partial charge in [-0.05, 0) is 55.5 Å². The summed E-state index contributed by atoms with van der Waals surface area (Å²) < 4.78 is 5.31. The molecule has 0 fully saturated rings. The van der Waals surface area contributed by atoms with Crippen LogP contribution in [0.3, 0.4) is 0 Å². The molecule has 0 bridgehead atoms. The summed E-state index contributed by atoms with van der Waals surface area (Å²) in [5.74, 6) is 1.03. The second-order valence-electron chi connectivity index (χ2n) is 5.65. The lowest BCUT2D eigenvalue weighted by molar-refractivity contribution is 0.0958. The fourth-order valence-electron chi connectivity index (χ4n) is 2.44. The monoisotopic (exact) mass is 334 g/mol. The summed E-state index contributed by atoms with van der Waals surface area (Å²) in [5, 5.41) is 3.17. The highest BCUT2D eigenvalue weighted by Crippen LogP contribution is 2.14. The Kier molecular flexibility index (Phi) is 5.04. The fourth-order valence-corrected chi connectivity index (χ4v) is 2.44. The first kappa shape index (κ1) is 16.6. The number of hydrogen-bond donors (Lipinski definition) is 1. The zero-order valence-electron chi connectivity index (χ0n) is 13.9. The van der Waals surface area contributed by atoms with E-state index in [1.54, 1.807) is 48.8 Å². The quantitative estimate of drug-likeness (QED) is 0.664. The Morgan fingerprint density at radius 1 is 0.960 bits per heavy atom. The van der Waals surface area contributed by atoms with Crippen LogP contribution in [0.25, 0.3) is 0 Å². The standard InChI is InChI=1S/C20H18N2O3/c1-14-2-7-19(25-14)18(23)10-13-22-17-5-3-15(4-6-17)20(24)16-8-11-21-12-9-16/h2-9,11-12,22H,10,13H2,1H3. The highest BCUT2D eigenvalue weighted by molar-refractivity contribution is 6.09. The Bertz CT molecular complexity index is 867. The van der Waals surface area contributed by atoms with Gasteiger partial charge in [-0.15, -0.1) is 0 Å². The number of carbonyl (C=O) groups is 2. The SMILES string of the molecule is Cc1ccc(C(=O)CCNc2ccc(C(=O)c3ccncc3)cc2)o1. The molecule has 126 valence electrons. The van der Waals surface area contributed by atoms with Crippen LogP contribution >= 0.6 is 0 Å². The van der Waals surface area contributed by atoms with Crippen LogP contribution in [-0.4, -0.2) is 23.1 Å². The summed E-state index contributed by atoms with van der Waals surface area (Å²) in [6.07, 6.45) is 3.53. The molecular formula is C20H18N2O3. The maximum Gasteiger partial charge on any atom is 0.199 e. The molecule has 5 nitrogen and oxygen atoms in total. The van der Waals surface area contributed by atoms with Crippen LogP contribution in [0.1, 0.15) is 38.7 Å². The van der Waals surface area contributed by atoms with Crippen molar-refractivity contribution in [2.24, 2.45) is 0 Å². The van der Waals surface area contributed by atoms with Gasteiger partial charge in [-0.2, -0.15) is 0 Å². The second kappa shape index (κ2) is 7.57. The number of aromatic nitrogens is 1. The van der Waals surface area contributed by atoms with Crippen LogP contribution in [0.4, 0.5) is 5.69 Å². The molecule has 0 saturated carbocycles. The third kappa shape index (κ3) is 4.20. The van der Waals surface area contributed by atoms with Crippen LogP contribution in [0.5, 0.6) is 0 Å². The first-order valence-electron chi connectivity index (χ1n) is 8.02. The van der Waals surface area contributed by atoms with Gasteiger partial charge >= 0.3 is 0 Å². The minimum Gasteiger partial charge on any atom is -0.458 e. The molecular weight excluding hydrogens is 316 g/mol. The molecule has 0 radical (unpaired) electrons. The van der Waals surface area contributed by atoms with Gasteiger partial charge in [-0.3, -0.25) is 14.6 Å². The van der Waals surface area contributed by atoms with Crippen LogP contribution in [0, 0.1) is 6.92 Å². The molecule has 0 aliphatic heterocycles. The average Bonchev–Trinajstić information content (AvgIpc) is 3.09. The number of nitrogens with zero attached hydrogens (tertiary/aromatic N) is 1. The van der Waals surface area contributed by atoms with Crippen LogP contribution in [-0.2, 0) is 0 Å². The second-order valence-corrected chi connectivity index (χ2v) is 5.65. The Hall–Kier alpha value is -3.21. The van der Waals surface area contributed by atoms with Gasteiger partial charge in [0.25, 0.3) is 0 Å². The van der Waals surface area contributed by atoms with Crippen molar-refractivity contribution in [3.05, 3.63) is 83.6 Å². The van der Waals surface area contributed by atoms with Gasteiger partial charge in [-0.1, -0.05) is 0 Å². The van der Waals surface area contributed by atoms with Gasteiger partial charge in [0, 0.05) is 42.2 Å². The summed E-state index contributed by atoms with van der Waals surface area (Å²) >= 11 is 0. The molecule has 0 atom stereocenters. The predicted molar refractivity (Wildman–Crippen MR) is 95.0 cm³/mol. The topological polar surface area (TPSA) is 72.2 Å². The first-order chi connectivity index (χ1) is 12.1. The number of furan rings is 1. The lowest BCUT2D eigenvalue weighted by Crippen LogP contribution is -2.08. The lowest BCUT2D eigenvalue weighted by atomic mass is 10.0. The molecule has 5 heteroatoms. The van der Waals surface area contributed by atoms with Crippen LogP contribution in [0.2, 0.25) is 0 Å². The van der Waals surface area contributed by atoms with E-state index >= 15 is 0 Å². The van der Waals surface area contributed by atoms with Crippen molar-refractivity contribution >= 4 is 17.3 Å². The van der Waals surface area contributed by atoms with Crippen LogP contribution < -0.4 is 5.32 Å². The van der Waals surface area contributed by atoms with Gasteiger partial charge in [0.05, 0.1) is 0 Å². The Labute approximate surface area is 145 Å². The number of rotatable bonds is 7. The average molecular weight is 334 g/mol. The van der Waals surface area contributed by atoms with E-state index in [9.17, 15) is 9.59 Å². The molecule has 3 aromatic rings. The van der Waals surface area contributed by atoms with Crippen molar-refractivity contribution < 1.29 is 14.0 Å². The van der Waals surface area contributed by atoms with E-state index in [4.69, 9.17) is 4.42 Å². The van der Waals surface area contributed by atoms with E-state index in [1.165, 1.54) is 0 Å². The number of ketones is 2. The number of hydrogen-bond acceptors (Lipinski definition) is 5. The Morgan fingerprint density at radius 3 is 2.28 bits per heavy atom. The number of nitrogens with one attached hydrogen (secondary N) is 1. The number of Topliss-reactive ketones (excluding diaryl/α,β-unsaturated/α-hetero) is 1. The third-order valence-electron chi connectivity index (χ3n) is 3.79. The zero-order valence-corrected chi connectivity index (χ0v) is 13.9. The largest absolute Gasteiger partial charge is 0.458 e. The van der Waals surface area contributed by atoms with Gasteiger partial charge in [0.15, 0.2) is 17.3 Å². The van der Waals surface area contributed by atoms with E-state index < -0.39 is 0 Å². The van der Waals surface area contributed by atoms with Gasteiger partial charge in [0.2, 0.25) is 0 Å². The predicted octanol–water partition coefficient (Wildman–Crippen LogP) is 3.90. The first-order valence-corrected chi connectivity index (χ1v) is 8.02. The molecule has 3 rings (SSSR count). The molecule has 0 aliphatic carbocycles. The summed E-state index contributed by atoms with van der Waals surface area (Å²) in [4.78, 5) is 28.2. The molecule has 2 heterocycles. The normalized spacial score (nSPS) is 10.4. The van der Waals surface area contributed by atoms with E-state index in [0.717, 1.165) is 11.4 Å². The summed E-state index contributed by atoms with van der Waals surface area (Å²) in [7, 11) is 0. The fraction of sp³-hybridized carbons (Fsp3) is 0.150. The minimum absolute atomic E-state index is 0.0370. The maximum absolute atomic E-state index is 12.3. The van der Waals surface area contributed by atoms with Gasteiger partial charge in [-0.25, -0.2) is 0 Å². The van der Waals surface area contributed by atoms with Crippen molar-refractivity contribution in [1.82, 2.24) is 4.98 Å². The van der Waals surface area contributed by atoms with Gasteiger partial charge in [0.1, 0.15) is 5.76 Å². The van der Waals surface area contributed by atoms with Crippen molar-refractivity contribution in [2.75, 3.05) is 11.9 Å². The van der Waals surface area contributed by atoms with Crippen molar-refractivity contribution in [3.8, 4) is 0 Å². The molecule has 0 unspecified atom stereocenters. The Morgan fingerprint density at radius 2 is 1.64 bits per heavy atom. The summed E-state index contributed by atoms with van der Waals surface area (Å²) in [6.45, 7) is 2.31. The highest BCUT2D eigenvalue weighted by Gasteiger charge is 2.10.